The van der Waals surface area contributed by atoms with Crippen LogP contribution in [0.15, 0.2) is 0 Å². The van der Waals surface area contributed by atoms with Crippen molar-refractivity contribution in [3.8, 4) is 0 Å². The van der Waals surface area contributed by atoms with Crippen molar-refractivity contribution in [1.29, 1.82) is 0 Å². The summed E-state index contributed by atoms with van der Waals surface area (Å²) in [6, 6.07) is 0.688. The Bertz CT molecular complexity index is 441. The van der Waals surface area contributed by atoms with Gasteiger partial charge in [-0.15, -0.1) is 0 Å². The zero-order chi connectivity index (χ0) is 15.4. The van der Waals surface area contributed by atoms with E-state index in [0.717, 1.165) is 58.8 Å². The number of rotatable bonds is 4. The van der Waals surface area contributed by atoms with Crippen molar-refractivity contribution in [2.24, 2.45) is 0 Å². The Morgan fingerprint density at radius 3 is 2.45 bits per heavy atom. The lowest BCUT2D eigenvalue weighted by atomic mass is 10.0. The van der Waals surface area contributed by atoms with Crippen LogP contribution in [0.3, 0.4) is 0 Å². The first-order valence-corrected chi connectivity index (χ1v) is 10.3. The van der Waals surface area contributed by atoms with Gasteiger partial charge in [0, 0.05) is 45.4 Å². The molecule has 7 heteroatoms. The number of ether oxygens (including phenoxy) is 1. The van der Waals surface area contributed by atoms with Gasteiger partial charge >= 0.3 is 0 Å². The zero-order valence-electron chi connectivity index (χ0n) is 13.5. The zero-order valence-corrected chi connectivity index (χ0v) is 14.3. The Labute approximate surface area is 134 Å². The molecule has 3 saturated heterocycles. The maximum absolute atomic E-state index is 11.8. The van der Waals surface area contributed by atoms with Crippen molar-refractivity contribution in [3.63, 3.8) is 0 Å². The summed E-state index contributed by atoms with van der Waals surface area (Å²) in [6.07, 6.45) is 4.34. The van der Waals surface area contributed by atoms with E-state index in [2.05, 4.69) is 9.80 Å². The molecule has 0 aromatic rings. The summed E-state index contributed by atoms with van der Waals surface area (Å²) in [5.41, 5.74) is 0. The standard InChI is InChI=1S/C15H29N3O3S/c19-22(20)14-2-6-18(22)10-9-16-7-3-15(4-8-16)17-5-1-12-21-13-11-17/h15H,1-14H2. The van der Waals surface area contributed by atoms with Gasteiger partial charge < -0.3 is 9.64 Å². The van der Waals surface area contributed by atoms with Crippen LogP contribution < -0.4 is 0 Å². The highest BCUT2D eigenvalue weighted by Gasteiger charge is 2.29. The maximum atomic E-state index is 11.8. The first kappa shape index (κ1) is 16.6. The van der Waals surface area contributed by atoms with Crippen LogP contribution in [0, 0.1) is 0 Å². The molecule has 3 aliphatic rings. The highest BCUT2D eigenvalue weighted by Crippen LogP contribution is 2.19. The summed E-state index contributed by atoms with van der Waals surface area (Å²) < 4.78 is 30.8. The second kappa shape index (κ2) is 7.57. The lowest BCUT2D eigenvalue weighted by Gasteiger charge is -2.38. The third kappa shape index (κ3) is 4.20. The summed E-state index contributed by atoms with van der Waals surface area (Å²) in [5.74, 6) is 0.339. The van der Waals surface area contributed by atoms with E-state index in [1.165, 1.54) is 12.8 Å². The number of sulfonamides is 1. The summed E-state index contributed by atoms with van der Waals surface area (Å²) in [7, 11) is -2.94. The minimum absolute atomic E-state index is 0.339. The molecular weight excluding hydrogens is 302 g/mol. The van der Waals surface area contributed by atoms with Crippen molar-refractivity contribution >= 4 is 10.0 Å². The molecule has 3 rings (SSSR count). The molecule has 3 aliphatic heterocycles. The Balaban J connectivity index is 1.40. The normalized spacial score (nSPS) is 29.6. The van der Waals surface area contributed by atoms with Crippen LogP contribution in [0.25, 0.3) is 0 Å². The molecule has 0 atom stereocenters. The van der Waals surface area contributed by atoms with Gasteiger partial charge in [0.1, 0.15) is 0 Å². The Morgan fingerprint density at radius 1 is 0.909 bits per heavy atom. The quantitative estimate of drug-likeness (QED) is 0.737. The van der Waals surface area contributed by atoms with E-state index in [-0.39, 0.29) is 0 Å². The molecule has 0 N–H and O–H groups in total. The number of piperidine rings is 1. The van der Waals surface area contributed by atoms with E-state index in [1.807, 2.05) is 0 Å². The molecule has 0 saturated carbocycles. The van der Waals surface area contributed by atoms with Gasteiger partial charge in [0.15, 0.2) is 0 Å². The van der Waals surface area contributed by atoms with Crippen molar-refractivity contribution in [2.75, 3.05) is 64.8 Å². The molecule has 0 radical (unpaired) electrons. The molecule has 0 spiro atoms. The van der Waals surface area contributed by atoms with E-state index in [9.17, 15) is 8.42 Å². The minimum atomic E-state index is -2.94. The molecule has 22 heavy (non-hydrogen) atoms. The molecule has 3 fully saturated rings. The smallest absolute Gasteiger partial charge is 0.214 e. The van der Waals surface area contributed by atoms with E-state index in [1.54, 1.807) is 4.31 Å². The largest absolute Gasteiger partial charge is 0.380 e. The second-order valence-corrected chi connectivity index (χ2v) is 8.73. The number of likely N-dealkylation sites (tertiary alicyclic amines) is 1. The molecule has 0 bridgehead atoms. The summed E-state index contributed by atoms with van der Waals surface area (Å²) in [6.45, 7) is 8.46. The third-order valence-corrected chi connectivity index (χ3v) is 7.16. The summed E-state index contributed by atoms with van der Waals surface area (Å²) in [4.78, 5) is 5.02. The van der Waals surface area contributed by atoms with Crippen molar-refractivity contribution in [3.05, 3.63) is 0 Å². The van der Waals surface area contributed by atoms with Crippen LogP contribution in [0.2, 0.25) is 0 Å². The average Bonchev–Trinajstić information content (AvgIpc) is 2.72. The van der Waals surface area contributed by atoms with E-state index >= 15 is 0 Å². The van der Waals surface area contributed by atoms with Gasteiger partial charge in [-0.05, 0) is 38.8 Å². The van der Waals surface area contributed by atoms with E-state index in [0.29, 0.717) is 24.9 Å². The van der Waals surface area contributed by atoms with E-state index < -0.39 is 10.0 Å². The fourth-order valence-electron chi connectivity index (χ4n) is 3.83. The van der Waals surface area contributed by atoms with Crippen LogP contribution in [0.1, 0.15) is 25.7 Å². The van der Waals surface area contributed by atoms with Crippen LogP contribution in [-0.2, 0) is 14.8 Å². The Morgan fingerprint density at radius 2 is 1.73 bits per heavy atom. The van der Waals surface area contributed by atoms with Crippen LogP contribution in [0.5, 0.6) is 0 Å². The highest BCUT2D eigenvalue weighted by atomic mass is 32.2. The predicted molar refractivity (Wildman–Crippen MR) is 86.4 cm³/mol. The molecular formula is C15H29N3O3S. The van der Waals surface area contributed by atoms with Crippen molar-refractivity contribution < 1.29 is 13.2 Å². The Kier molecular flexibility index (Phi) is 5.73. The molecule has 3 heterocycles. The maximum Gasteiger partial charge on any atom is 0.214 e. The molecule has 128 valence electrons. The molecule has 0 aromatic carbocycles. The molecule has 0 amide bonds. The summed E-state index contributed by atoms with van der Waals surface area (Å²) in [5, 5.41) is 0. The van der Waals surface area contributed by atoms with Crippen molar-refractivity contribution in [1.82, 2.24) is 14.1 Å². The minimum Gasteiger partial charge on any atom is -0.380 e. The van der Waals surface area contributed by atoms with Crippen LogP contribution in [0.4, 0.5) is 0 Å². The van der Waals surface area contributed by atoms with Crippen molar-refractivity contribution in [2.45, 2.75) is 31.7 Å². The first-order valence-electron chi connectivity index (χ1n) is 8.67. The summed E-state index contributed by atoms with van der Waals surface area (Å²) >= 11 is 0. The number of nitrogens with zero attached hydrogens (tertiary/aromatic N) is 3. The van der Waals surface area contributed by atoms with Gasteiger partial charge in [-0.2, -0.15) is 0 Å². The fraction of sp³-hybridized carbons (Fsp3) is 1.00. The molecule has 0 unspecified atom stereocenters. The second-order valence-electron chi connectivity index (χ2n) is 6.64. The predicted octanol–water partition coefficient (Wildman–Crippen LogP) is 0.209. The Hall–Kier alpha value is -0.210. The lowest BCUT2D eigenvalue weighted by molar-refractivity contribution is 0.0953. The van der Waals surface area contributed by atoms with Crippen LogP contribution in [-0.4, -0.2) is 93.3 Å². The third-order valence-electron chi connectivity index (χ3n) is 5.20. The molecule has 6 nitrogen and oxygen atoms in total. The van der Waals surface area contributed by atoms with Gasteiger partial charge in [-0.1, -0.05) is 0 Å². The SMILES string of the molecule is O=S1(=O)CCCN1CCN1CCC(N2CCCOCC2)CC1. The van der Waals surface area contributed by atoms with Gasteiger partial charge in [0.2, 0.25) is 10.0 Å². The topological polar surface area (TPSA) is 53.1 Å². The van der Waals surface area contributed by atoms with Gasteiger partial charge in [-0.25, -0.2) is 12.7 Å². The number of hydrogen-bond acceptors (Lipinski definition) is 5. The monoisotopic (exact) mass is 331 g/mol. The van der Waals surface area contributed by atoms with Gasteiger partial charge in [0.05, 0.1) is 12.4 Å². The van der Waals surface area contributed by atoms with Crippen LogP contribution >= 0.6 is 0 Å². The highest BCUT2D eigenvalue weighted by molar-refractivity contribution is 7.89. The lowest BCUT2D eigenvalue weighted by Crippen LogP contribution is -2.47. The van der Waals surface area contributed by atoms with Gasteiger partial charge in [0.25, 0.3) is 0 Å². The van der Waals surface area contributed by atoms with Gasteiger partial charge in [-0.3, -0.25) is 4.90 Å². The molecule has 0 aromatic heterocycles. The molecule has 0 aliphatic carbocycles. The fourth-order valence-corrected chi connectivity index (χ4v) is 5.35. The average molecular weight is 331 g/mol. The van der Waals surface area contributed by atoms with E-state index in [4.69, 9.17) is 4.74 Å². The number of hydrogen-bond donors (Lipinski definition) is 0. The first-order chi connectivity index (χ1) is 10.6.